The van der Waals surface area contributed by atoms with Gasteiger partial charge in [0.15, 0.2) is 6.61 Å². The molecule has 2 aromatic heterocycles. The first kappa shape index (κ1) is 20.9. The summed E-state index contributed by atoms with van der Waals surface area (Å²) in [7, 11) is 0. The maximum Gasteiger partial charge on any atom is 0.339 e. The van der Waals surface area contributed by atoms with Gasteiger partial charge < -0.3 is 10.1 Å². The maximum atomic E-state index is 13.1. The van der Waals surface area contributed by atoms with Gasteiger partial charge in [-0.1, -0.05) is 24.3 Å². The van der Waals surface area contributed by atoms with E-state index in [4.69, 9.17) is 9.72 Å². The van der Waals surface area contributed by atoms with Crippen molar-refractivity contribution >= 4 is 28.6 Å². The minimum atomic E-state index is -0.507. The van der Waals surface area contributed by atoms with Crippen LogP contribution < -0.4 is 5.32 Å². The topological polar surface area (TPSA) is 84.4 Å². The van der Waals surface area contributed by atoms with Crippen molar-refractivity contribution < 1.29 is 14.3 Å². The molecule has 4 rings (SSSR count). The Morgan fingerprint density at radius 1 is 1.19 bits per heavy atom. The Bertz CT molecular complexity index is 1130. The first-order valence-electron chi connectivity index (χ1n) is 10.5. The first-order valence-corrected chi connectivity index (χ1v) is 10.5. The summed E-state index contributed by atoms with van der Waals surface area (Å²) in [5.41, 5.74) is 4.08. The van der Waals surface area contributed by atoms with Crippen molar-refractivity contribution in [2.24, 2.45) is 0 Å². The standard InChI is InChI=1S/C24H26N4O3/c1-15(2)28-11-10-20-18(13-28)23(17-6-4-5-7-19(17)26-20)24(30)31-14-22(29)27-21-9-8-16(3)12-25-21/h4-9,12,15H,10-11,13-14H2,1-3H3,(H,25,27,29). The molecule has 0 radical (unpaired) electrons. The van der Waals surface area contributed by atoms with Crippen molar-refractivity contribution in [1.29, 1.82) is 0 Å². The van der Waals surface area contributed by atoms with Crippen molar-refractivity contribution in [2.75, 3.05) is 18.5 Å². The zero-order valence-electron chi connectivity index (χ0n) is 18.0. The lowest BCUT2D eigenvalue weighted by atomic mass is 9.95. The summed E-state index contributed by atoms with van der Waals surface area (Å²) in [6, 6.07) is 11.5. The Hall–Kier alpha value is -3.32. The zero-order valence-corrected chi connectivity index (χ0v) is 18.0. The molecule has 7 heteroatoms. The van der Waals surface area contributed by atoms with E-state index in [9.17, 15) is 9.59 Å². The number of ether oxygens (including phenoxy) is 1. The molecule has 1 aliphatic heterocycles. The van der Waals surface area contributed by atoms with E-state index < -0.39 is 11.9 Å². The molecule has 160 valence electrons. The van der Waals surface area contributed by atoms with Crippen LogP contribution in [0.25, 0.3) is 10.9 Å². The lowest BCUT2D eigenvalue weighted by molar-refractivity contribution is -0.119. The van der Waals surface area contributed by atoms with Gasteiger partial charge >= 0.3 is 5.97 Å². The van der Waals surface area contributed by atoms with Crippen LogP contribution in [0.2, 0.25) is 0 Å². The Morgan fingerprint density at radius 3 is 2.74 bits per heavy atom. The van der Waals surface area contributed by atoms with Gasteiger partial charge in [0.05, 0.1) is 11.1 Å². The lowest BCUT2D eigenvalue weighted by Crippen LogP contribution is -2.37. The number of aromatic nitrogens is 2. The summed E-state index contributed by atoms with van der Waals surface area (Å²) < 4.78 is 5.43. The Balaban J connectivity index is 1.57. The summed E-state index contributed by atoms with van der Waals surface area (Å²) in [6.07, 6.45) is 2.44. The molecular formula is C24H26N4O3. The summed E-state index contributed by atoms with van der Waals surface area (Å²) in [5, 5.41) is 3.40. The number of fused-ring (bicyclic) bond motifs is 2. The predicted octanol–water partition coefficient (Wildman–Crippen LogP) is 3.50. The number of hydrogen-bond donors (Lipinski definition) is 1. The summed E-state index contributed by atoms with van der Waals surface area (Å²) in [5.74, 6) is -0.515. The highest BCUT2D eigenvalue weighted by molar-refractivity contribution is 6.06. The second-order valence-electron chi connectivity index (χ2n) is 8.09. The molecule has 31 heavy (non-hydrogen) atoms. The van der Waals surface area contributed by atoms with E-state index in [0.717, 1.165) is 40.7 Å². The molecule has 7 nitrogen and oxygen atoms in total. The van der Waals surface area contributed by atoms with E-state index in [1.165, 1.54) is 0 Å². The molecule has 0 aliphatic carbocycles. The minimum Gasteiger partial charge on any atom is -0.452 e. The second-order valence-corrected chi connectivity index (χ2v) is 8.09. The number of nitrogens with one attached hydrogen (secondary N) is 1. The monoisotopic (exact) mass is 418 g/mol. The average Bonchev–Trinajstić information content (AvgIpc) is 2.77. The number of carbonyl (C=O) groups excluding carboxylic acids is 2. The number of rotatable bonds is 5. The van der Waals surface area contributed by atoms with E-state index in [0.29, 0.717) is 24.0 Å². The number of aryl methyl sites for hydroxylation is 1. The van der Waals surface area contributed by atoms with Gasteiger partial charge in [0.2, 0.25) is 0 Å². The zero-order chi connectivity index (χ0) is 22.0. The highest BCUT2D eigenvalue weighted by Gasteiger charge is 2.27. The molecule has 3 aromatic rings. The largest absolute Gasteiger partial charge is 0.452 e. The number of pyridine rings is 2. The summed E-state index contributed by atoms with van der Waals surface area (Å²) in [6.45, 7) is 7.35. The maximum absolute atomic E-state index is 13.1. The number of nitrogens with zero attached hydrogens (tertiary/aromatic N) is 3. The fraction of sp³-hybridized carbons (Fsp3) is 0.333. The number of para-hydroxylation sites is 1. The van der Waals surface area contributed by atoms with Crippen LogP contribution in [0.15, 0.2) is 42.6 Å². The van der Waals surface area contributed by atoms with Crippen LogP contribution in [0.5, 0.6) is 0 Å². The molecule has 1 aromatic carbocycles. The van der Waals surface area contributed by atoms with Crippen molar-refractivity contribution in [3.63, 3.8) is 0 Å². The predicted molar refractivity (Wildman–Crippen MR) is 119 cm³/mol. The molecule has 0 bridgehead atoms. The van der Waals surface area contributed by atoms with Crippen LogP contribution in [-0.2, 0) is 22.5 Å². The molecule has 1 amide bonds. The van der Waals surface area contributed by atoms with Gasteiger partial charge in [-0.05, 0) is 38.5 Å². The number of amides is 1. The molecule has 1 aliphatic rings. The first-order chi connectivity index (χ1) is 14.9. The van der Waals surface area contributed by atoms with Crippen LogP contribution in [0, 0.1) is 6.92 Å². The molecular weight excluding hydrogens is 392 g/mol. The fourth-order valence-electron chi connectivity index (χ4n) is 3.81. The number of anilines is 1. The number of carbonyl (C=O) groups is 2. The number of benzene rings is 1. The van der Waals surface area contributed by atoms with E-state index in [1.807, 2.05) is 37.3 Å². The average molecular weight is 418 g/mol. The van der Waals surface area contributed by atoms with Crippen molar-refractivity contribution in [3.05, 3.63) is 65.0 Å². The highest BCUT2D eigenvalue weighted by Crippen LogP contribution is 2.29. The number of hydrogen-bond acceptors (Lipinski definition) is 6. The minimum absolute atomic E-state index is 0.358. The third-order valence-electron chi connectivity index (χ3n) is 5.52. The van der Waals surface area contributed by atoms with Gasteiger partial charge in [-0.25, -0.2) is 9.78 Å². The molecule has 0 atom stereocenters. The van der Waals surface area contributed by atoms with Crippen LogP contribution >= 0.6 is 0 Å². The Kier molecular flexibility index (Phi) is 5.95. The van der Waals surface area contributed by atoms with Gasteiger partial charge in [0, 0.05) is 48.4 Å². The van der Waals surface area contributed by atoms with Gasteiger partial charge in [0.25, 0.3) is 5.91 Å². The van der Waals surface area contributed by atoms with Crippen LogP contribution in [-0.4, -0.2) is 45.9 Å². The van der Waals surface area contributed by atoms with Gasteiger partial charge in [-0.2, -0.15) is 0 Å². The lowest BCUT2D eigenvalue weighted by Gasteiger charge is -2.32. The summed E-state index contributed by atoms with van der Waals surface area (Å²) >= 11 is 0. The highest BCUT2D eigenvalue weighted by atomic mass is 16.5. The van der Waals surface area contributed by atoms with Crippen LogP contribution in [0.4, 0.5) is 5.82 Å². The van der Waals surface area contributed by atoms with Gasteiger partial charge in [-0.15, -0.1) is 0 Å². The second kappa shape index (κ2) is 8.81. The Labute approximate surface area is 181 Å². The summed E-state index contributed by atoms with van der Waals surface area (Å²) in [4.78, 5) is 36.7. The van der Waals surface area contributed by atoms with E-state index in [1.54, 1.807) is 12.3 Å². The van der Waals surface area contributed by atoms with Crippen LogP contribution in [0.3, 0.4) is 0 Å². The molecule has 0 spiro atoms. The molecule has 0 fully saturated rings. The quantitative estimate of drug-likeness (QED) is 0.639. The van der Waals surface area contributed by atoms with E-state index >= 15 is 0 Å². The third-order valence-corrected chi connectivity index (χ3v) is 5.52. The van der Waals surface area contributed by atoms with Crippen molar-refractivity contribution in [2.45, 2.75) is 39.8 Å². The fourth-order valence-corrected chi connectivity index (χ4v) is 3.81. The SMILES string of the molecule is Cc1ccc(NC(=O)COC(=O)c2c3c(nc4ccccc24)CCN(C(C)C)C3)nc1. The Morgan fingerprint density at radius 2 is 2.00 bits per heavy atom. The molecule has 0 saturated carbocycles. The third kappa shape index (κ3) is 4.56. The van der Waals surface area contributed by atoms with Gasteiger partial charge in [0.1, 0.15) is 5.82 Å². The van der Waals surface area contributed by atoms with Crippen LogP contribution in [0.1, 0.15) is 41.0 Å². The van der Waals surface area contributed by atoms with Crippen molar-refractivity contribution in [1.82, 2.24) is 14.9 Å². The smallest absolute Gasteiger partial charge is 0.339 e. The van der Waals surface area contributed by atoms with Crippen molar-refractivity contribution in [3.8, 4) is 0 Å². The normalized spacial score (nSPS) is 13.8. The molecule has 3 heterocycles. The molecule has 1 N–H and O–H groups in total. The van der Waals surface area contributed by atoms with Gasteiger partial charge in [-0.3, -0.25) is 14.7 Å². The molecule has 0 unspecified atom stereocenters. The molecule has 0 saturated heterocycles. The van der Waals surface area contributed by atoms with E-state index in [2.05, 4.69) is 29.0 Å². The van der Waals surface area contributed by atoms with E-state index in [-0.39, 0.29) is 6.61 Å². The number of esters is 1.